The molecule has 174 valence electrons. The molecule has 1 rings (SSSR count). The Labute approximate surface area is 195 Å². The third-order valence-corrected chi connectivity index (χ3v) is 6.43. The fraction of sp³-hybridized carbons (Fsp3) is 0.947. The topological polar surface area (TPSA) is 95.1 Å². The summed E-state index contributed by atoms with van der Waals surface area (Å²) in [6.07, 6.45) is 5.25. The van der Waals surface area contributed by atoms with E-state index in [1.165, 1.54) is 0 Å². The first-order valence-electron chi connectivity index (χ1n) is 10.7. The summed E-state index contributed by atoms with van der Waals surface area (Å²) >= 11 is 0. The van der Waals surface area contributed by atoms with Crippen LogP contribution in [0.2, 0.25) is 0 Å². The third-order valence-electron chi connectivity index (χ3n) is 5.08. The van der Waals surface area contributed by atoms with Crippen molar-refractivity contribution >= 4 is 40.0 Å². The van der Waals surface area contributed by atoms with Crippen LogP contribution in [-0.4, -0.2) is 83.6 Å². The van der Waals surface area contributed by atoms with Gasteiger partial charge in [-0.3, -0.25) is 4.99 Å². The standard InChI is InChI=1S/C19H41N5O3S.HI/c1-5-24(6-2)13-9-10-17(3)23-19(20-4)21-12-15-28(25,26)22-16-18-11-7-8-14-27-18;/h17-18,22H,5-16H2,1-4H3,(H2,20,21,23);1H. The largest absolute Gasteiger partial charge is 0.377 e. The summed E-state index contributed by atoms with van der Waals surface area (Å²) in [5, 5.41) is 6.43. The monoisotopic (exact) mass is 547 g/mol. The summed E-state index contributed by atoms with van der Waals surface area (Å²) < 4.78 is 32.5. The maximum atomic E-state index is 12.2. The van der Waals surface area contributed by atoms with E-state index >= 15 is 0 Å². The molecular weight excluding hydrogens is 505 g/mol. The highest BCUT2D eigenvalue weighted by Gasteiger charge is 2.17. The molecule has 0 aromatic rings. The van der Waals surface area contributed by atoms with Crippen molar-refractivity contribution in [3.8, 4) is 0 Å². The molecule has 1 heterocycles. The number of guanidine groups is 1. The highest BCUT2D eigenvalue weighted by molar-refractivity contribution is 14.0. The number of aliphatic imine (C=N–C) groups is 1. The van der Waals surface area contributed by atoms with Gasteiger partial charge in [0.1, 0.15) is 0 Å². The SMILES string of the molecule is CCN(CC)CCCC(C)NC(=NC)NCCS(=O)(=O)NCC1CCCCO1.I. The van der Waals surface area contributed by atoms with Crippen LogP contribution in [0.25, 0.3) is 0 Å². The number of rotatable bonds is 13. The average Bonchev–Trinajstić information content (AvgIpc) is 2.69. The highest BCUT2D eigenvalue weighted by Crippen LogP contribution is 2.11. The number of ether oxygens (including phenoxy) is 1. The number of hydrogen-bond acceptors (Lipinski definition) is 5. The Bertz CT molecular complexity index is 538. The summed E-state index contributed by atoms with van der Waals surface area (Å²) in [6.45, 7) is 11.1. The first-order valence-corrected chi connectivity index (χ1v) is 12.3. The molecule has 0 aromatic carbocycles. The van der Waals surface area contributed by atoms with E-state index in [1.54, 1.807) is 7.05 Å². The second-order valence-corrected chi connectivity index (χ2v) is 9.30. The second-order valence-electron chi connectivity index (χ2n) is 7.37. The molecule has 0 aromatic heterocycles. The molecule has 0 aliphatic carbocycles. The van der Waals surface area contributed by atoms with Crippen LogP contribution in [0.1, 0.15) is 52.9 Å². The molecule has 3 N–H and O–H groups in total. The van der Waals surface area contributed by atoms with Gasteiger partial charge < -0.3 is 20.3 Å². The van der Waals surface area contributed by atoms with Crippen LogP contribution in [0.4, 0.5) is 0 Å². The van der Waals surface area contributed by atoms with Crippen molar-refractivity contribution in [2.75, 3.05) is 52.1 Å². The van der Waals surface area contributed by atoms with Crippen LogP contribution in [0.3, 0.4) is 0 Å². The minimum Gasteiger partial charge on any atom is -0.377 e. The lowest BCUT2D eigenvalue weighted by Crippen LogP contribution is -2.45. The van der Waals surface area contributed by atoms with Crippen LogP contribution >= 0.6 is 24.0 Å². The lowest BCUT2D eigenvalue weighted by atomic mass is 10.1. The lowest BCUT2D eigenvalue weighted by molar-refractivity contribution is 0.0200. The second kappa shape index (κ2) is 16.5. The molecule has 0 bridgehead atoms. The molecule has 29 heavy (non-hydrogen) atoms. The Balaban J connectivity index is 0.00000784. The first-order chi connectivity index (χ1) is 13.4. The Kier molecular flexibility index (Phi) is 16.4. The molecule has 8 nitrogen and oxygen atoms in total. The Morgan fingerprint density at radius 1 is 1.28 bits per heavy atom. The quantitative estimate of drug-likeness (QED) is 0.185. The van der Waals surface area contributed by atoms with Crippen LogP contribution in [0, 0.1) is 0 Å². The van der Waals surface area contributed by atoms with Crippen LogP contribution in [0.15, 0.2) is 4.99 Å². The number of nitrogens with zero attached hydrogens (tertiary/aromatic N) is 2. The minimum atomic E-state index is -3.32. The number of nitrogens with one attached hydrogen (secondary N) is 3. The van der Waals surface area contributed by atoms with Gasteiger partial charge in [0.15, 0.2) is 5.96 Å². The summed E-state index contributed by atoms with van der Waals surface area (Å²) in [6, 6.07) is 0.278. The van der Waals surface area contributed by atoms with E-state index in [0.717, 1.165) is 58.3 Å². The molecule has 1 saturated heterocycles. The van der Waals surface area contributed by atoms with Gasteiger partial charge in [-0.05, 0) is 58.7 Å². The minimum absolute atomic E-state index is 0. The van der Waals surface area contributed by atoms with Gasteiger partial charge in [0.25, 0.3) is 0 Å². The number of halogens is 1. The Morgan fingerprint density at radius 2 is 2.00 bits per heavy atom. The molecule has 0 spiro atoms. The molecule has 1 aliphatic heterocycles. The third kappa shape index (κ3) is 13.7. The van der Waals surface area contributed by atoms with E-state index < -0.39 is 10.0 Å². The zero-order valence-corrected chi connectivity index (χ0v) is 21.7. The molecule has 1 fully saturated rings. The predicted octanol–water partition coefficient (Wildman–Crippen LogP) is 1.77. The number of hydrogen-bond donors (Lipinski definition) is 3. The molecular formula is C19H42IN5O3S. The van der Waals surface area contributed by atoms with E-state index in [2.05, 4.69) is 46.0 Å². The van der Waals surface area contributed by atoms with Gasteiger partial charge in [0, 0.05) is 32.8 Å². The molecule has 0 amide bonds. The summed E-state index contributed by atoms with van der Waals surface area (Å²) in [5.41, 5.74) is 0. The van der Waals surface area contributed by atoms with Crippen molar-refractivity contribution in [3.63, 3.8) is 0 Å². The van der Waals surface area contributed by atoms with Crippen molar-refractivity contribution in [2.45, 2.75) is 65.0 Å². The maximum absolute atomic E-state index is 12.2. The van der Waals surface area contributed by atoms with Gasteiger partial charge in [0.05, 0.1) is 11.9 Å². The molecule has 2 atom stereocenters. The van der Waals surface area contributed by atoms with Crippen molar-refractivity contribution in [3.05, 3.63) is 0 Å². The molecule has 10 heteroatoms. The predicted molar refractivity (Wildman–Crippen MR) is 132 cm³/mol. The van der Waals surface area contributed by atoms with E-state index in [0.29, 0.717) is 19.0 Å². The van der Waals surface area contributed by atoms with Crippen molar-refractivity contribution in [1.29, 1.82) is 0 Å². The smallest absolute Gasteiger partial charge is 0.213 e. The van der Waals surface area contributed by atoms with Crippen LogP contribution in [-0.2, 0) is 14.8 Å². The van der Waals surface area contributed by atoms with Crippen LogP contribution < -0.4 is 15.4 Å². The number of sulfonamides is 1. The maximum Gasteiger partial charge on any atom is 0.213 e. The molecule has 0 radical (unpaired) electrons. The fourth-order valence-electron chi connectivity index (χ4n) is 3.23. The first kappa shape index (κ1) is 28.8. The highest BCUT2D eigenvalue weighted by atomic mass is 127. The van der Waals surface area contributed by atoms with Gasteiger partial charge in [0.2, 0.25) is 10.0 Å². The normalized spacial score (nSPS) is 18.9. The Morgan fingerprint density at radius 3 is 2.59 bits per heavy atom. The molecule has 1 aliphatic rings. The Hall–Kier alpha value is -0.170. The zero-order valence-electron chi connectivity index (χ0n) is 18.6. The van der Waals surface area contributed by atoms with Gasteiger partial charge in [-0.25, -0.2) is 13.1 Å². The lowest BCUT2D eigenvalue weighted by Gasteiger charge is -2.23. The van der Waals surface area contributed by atoms with Gasteiger partial charge in [-0.15, -0.1) is 24.0 Å². The fourth-order valence-corrected chi connectivity index (χ4v) is 4.18. The summed E-state index contributed by atoms with van der Waals surface area (Å²) in [7, 11) is -1.62. The van der Waals surface area contributed by atoms with Crippen molar-refractivity contribution in [1.82, 2.24) is 20.3 Å². The van der Waals surface area contributed by atoms with E-state index in [9.17, 15) is 8.42 Å². The van der Waals surface area contributed by atoms with E-state index in [1.807, 2.05) is 0 Å². The van der Waals surface area contributed by atoms with Crippen molar-refractivity contribution in [2.24, 2.45) is 4.99 Å². The average molecular weight is 548 g/mol. The molecule has 2 unspecified atom stereocenters. The molecule has 0 saturated carbocycles. The summed E-state index contributed by atoms with van der Waals surface area (Å²) in [5.74, 6) is 0.651. The van der Waals surface area contributed by atoms with Crippen LogP contribution in [0.5, 0.6) is 0 Å². The van der Waals surface area contributed by atoms with Gasteiger partial charge >= 0.3 is 0 Å². The van der Waals surface area contributed by atoms with Gasteiger partial charge in [-0.2, -0.15) is 0 Å². The van der Waals surface area contributed by atoms with E-state index in [-0.39, 0.29) is 41.9 Å². The zero-order chi connectivity index (χ0) is 20.8. The van der Waals surface area contributed by atoms with E-state index in [4.69, 9.17) is 4.74 Å². The van der Waals surface area contributed by atoms with Gasteiger partial charge in [-0.1, -0.05) is 13.8 Å². The van der Waals surface area contributed by atoms with Crippen molar-refractivity contribution < 1.29 is 13.2 Å². The summed E-state index contributed by atoms with van der Waals surface area (Å²) in [4.78, 5) is 6.60.